The second-order valence-corrected chi connectivity index (χ2v) is 6.29. The van der Waals surface area contributed by atoms with Gasteiger partial charge in [-0.1, -0.05) is 15.9 Å². The molecule has 1 unspecified atom stereocenters. The predicted octanol–water partition coefficient (Wildman–Crippen LogP) is 3.45. The summed E-state index contributed by atoms with van der Waals surface area (Å²) < 4.78 is 11.3. The van der Waals surface area contributed by atoms with Gasteiger partial charge in [-0.15, -0.1) is 0 Å². The normalized spacial score (nSPS) is 12.8. The number of halogens is 1. The number of rotatable bonds is 5. The van der Waals surface area contributed by atoms with E-state index in [2.05, 4.69) is 26.2 Å². The summed E-state index contributed by atoms with van der Waals surface area (Å²) in [6.45, 7) is 6.00. The van der Waals surface area contributed by atoms with Crippen molar-refractivity contribution in [1.29, 1.82) is 0 Å². The first-order chi connectivity index (χ1) is 9.31. The first kappa shape index (κ1) is 16.9. The van der Waals surface area contributed by atoms with E-state index in [1.54, 1.807) is 13.3 Å². The van der Waals surface area contributed by atoms with Crippen molar-refractivity contribution in [2.75, 3.05) is 13.7 Å². The summed E-state index contributed by atoms with van der Waals surface area (Å²) in [7, 11) is 1.62. The molecule has 0 saturated carbocycles. The summed E-state index contributed by atoms with van der Waals surface area (Å²) in [5.74, 6) is 0. The number of hydrogen-bond donors (Lipinski definition) is 1. The van der Waals surface area contributed by atoms with Crippen molar-refractivity contribution in [1.82, 2.24) is 10.3 Å². The molecular weight excluding hydrogens is 324 g/mol. The third-order valence-corrected chi connectivity index (χ3v) is 2.90. The van der Waals surface area contributed by atoms with Gasteiger partial charge in [0, 0.05) is 24.4 Å². The maximum atomic E-state index is 11.9. The Labute approximate surface area is 128 Å². The third kappa shape index (κ3) is 6.34. The molecule has 0 aliphatic carbocycles. The topological polar surface area (TPSA) is 60.5 Å². The number of amides is 1. The van der Waals surface area contributed by atoms with Crippen molar-refractivity contribution >= 4 is 22.0 Å². The van der Waals surface area contributed by atoms with Crippen molar-refractivity contribution in [2.45, 2.75) is 38.8 Å². The van der Waals surface area contributed by atoms with E-state index in [-0.39, 0.29) is 6.04 Å². The summed E-state index contributed by atoms with van der Waals surface area (Å²) in [5, 5.41) is 2.83. The van der Waals surface area contributed by atoms with Crippen molar-refractivity contribution in [2.24, 2.45) is 0 Å². The van der Waals surface area contributed by atoms with E-state index in [9.17, 15) is 4.79 Å². The van der Waals surface area contributed by atoms with Gasteiger partial charge in [0.1, 0.15) is 5.60 Å². The molecule has 5 nitrogen and oxygen atoms in total. The van der Waals surface area contributed by atoms with Gasteiger partial charge in [-0.2, -0.15) is 0 Å². The van der Waals surface area contributed by atoms with E-state index in [4.69, 9.17) is 9.47 Å². The van der Waals surface area contributed by atoms with Crippen LogP contribution in [0.5, 0.6) is 0 Å². The van der Waals surface area contributed by atoms with Gasteiger partial charge in [0.05, 0.1) is 11.7 Å². The van der Waals surface area contributed by atoms with Crippen LogP contribution in [-0.4, -0.2) is 30.4 Å². The van der Waals surface area contributed by atoms with E-state index >= 15 is 0 Å². The zero-order valence-corrected chi connectivity index (χ0v) is 13.9. The largest absolute Gasteiger partial charge is 0.444 e. The average Bonchev–Trinajstić information content (AvgIpc) is 2.32. The molecule has 20 heavy (non-hydrogen) atoms. The Balaban J connectivity index is 2.77. The van der Waals surface area contributed by atoms with Crippen molar-refractivity contribution in [3.63, 3.8) is 0 Å². The molecule has 0 fully saturated rings. The monoisotopic (exact) mass is 344 g/mol. The molecule has 1 N–H and O–H groups in total. The van der Waals surface area contributed by atoms with Gasteiger partial charge in [-0.05, 0) is 39.3 Å². The predicted molar refractivity (Wildman–Crippen MR) is 80.5 cm³/mol. The number of nitrogens with zero attached hydrogens (tertiary/aromatic N) is 1. The van der Waals surface area contributed by atoms with Crippen LogP contribution in [0.15, 0.2) is 22.8 Å². The molecule has 112 valence electrons. The lowest BCUT2D eigenvalue weighted by molar-refractivity contribution is 0.0491. The molecule has 0 aliphatic rings. The Morgan fingerprint density at radius 2 is 2.20 bits per heavy atom. The highest BCUT2D eigenvalue weighted by Gasteiger charge is 2.21. The minimum absolute atomic E-state index is 0.248. The standard InChI is InChI=1S/C14H21BrN2O3/c1-14(2,3)20-13(18)17-11(6-8-19-4)12-9-10(15)5-7-16-12/h5,7,9,11H,6,8H2,1-4H3,(H,17,18). The summed E-state index contributed by atoms with van der Waals surface area (Å²) in [5.41, 5.74) is 0.239. The quantitative estimate of drug-likeness (QED) is 0.888. The molecule has 0 bridgehead atoms. The van der Waals surface area contributed by atoms with Crippen molar-refractivity contribution in [3.05, 3.63) is 28.5 Å². The fourth-order valence-corrected chi connectivity index (χ4v) is 1.94. The smallest absolute Gasteiger partial charge is 0.408 e. The molecule has 1 amide bonds. The van der Waals surface area contributed by atoms with Crippen LogP contribution in [0.2, 0.25) is 0 Å². The van der Waals surface area contributed by atoms with E-state index in [1.165, 1.54) is 0 Å². The lowest BCUT2D eigenvalue weighted by atomic mass is 10.1. The van der Waals surface area contributed by atoms with Crippen LogP contribution >= 0.6 is 15.9 Å². The van der Waals surface area contributed by atoms with E-state index < -0.39 is 11.7 Å². The van der Waals surface area contributed by atoms with Gasteiger partial charge in [-0.25, -0.2) is 4.79 Å². The molecule has 1 rings (SSSR count). The van der Waals surface area contributed by atoms with Gasteiger partial charge < -0.3 is 14.8 Å². The van der Waals surface area contributed by atoms with Crippen LogP contribution in [-0.2, 0) is 9.47 Å². The Morgan fingerprint density at radius 3 is 2.75 bits per heavy atom. The van der Waals surface area contributed by atoms with Crippen LogP contribution < -0.4 is 5.32 Å². The lowest BCUT2D eigenvalue weighted by Gasteiger charge is -2.23. The number of methoxy groups -OCH3 is 1. The maximum absolute atomic E-state index is 11.9. The zero-order valence-electron chi connectivity index (χ0n) is 12.3. The van der Waals surface area contributed by atoms with Gasteiger partial charge in [-0.3, -0.25) is 4.98 Å². The highest BCUT2D eigenvalue weighted by molar-refractivity contribution is 9.10. The molecule has 0 radical (unpaired) electrons. The molecule has 0 spiro atoms. The molecule has 1 aromatic rings. The highest BCUT2D eigenvalue weighted by atomic mass is 79.9. The number of ether oxygens (including phenoxy) is 2. The molecule has 0 saturated heterocycles. The van der Waals surface area contributed by atoms with Crippen molar-refractivity contribution < 1.29 is 14.3 Å². The number of aromatic nitrogens is 1. The number of carbonyl (C=O) groups is 1. The summed E-state index contributed by atoms with van der Waals surface area (Å²) in [4.78, 5) is 16.2. The average molecular weight is 345 g/mol. The van der Waals surface area contributed by atoms with Crippen LogP contribution in [0.3, 0.4) is 0 Å². The number of hydrogen-bond acceptors (Lipinski definition) is 4. The van der Waals surface area contributed by atoms with Gasteiger partial charge in [0.15, 0.2) is 0 Å². The molecule has 1 atom stereocenters. The van der Waals surface area contributed by atoms with Gasteiger partial charge >= 0.3 is 6.09 Å². The molecule has 6 heteroatoms. The summed E-state index contributed by atoms with van der Waals surface area (Å²) >= 11 is 3.40. The van der Waals surface area contributed by atoms with Gasteiger partial charge in [0.2, 0.25) is 0 Å². The minimum atomic E-state index is -0.527. The number of nitrogens with one attached hydrogen (secondary N) is 1. The van der Waals surface area contributed by atoms with Gasteiger partial charge in [0.25, 0.3) is 0 Å². The summed E-state index contributed by atoms with van der Waals surface area (Å²) in [6.07, 6.45) is 1.86. The molecule has 1 aromatic heterocycles. The number of pyridine rings is 1. The maximum Gasteiger partial charge on any atom is 0.408 e. The lowest BCUT2D eigenvalue weighted by Crippen LogP contribution is -2.35. The first-order valence-electron chi connectivity index (χ1n) is 6.42. The fourth-order valence-electron chi connectivity index (χ4n) is 1.59. The Kier molecular flexibility index (Phi) is 6.42. The molecule has 1 heterocycles. The number of alkyl carbamates (subject to hydrolysis) is 1. The Bertz CT molecular complexity index is 446. The van der Waals surface area contributed by atoms with Crippen molar-refractivity contribution in [3.8, 4) is 0 Å². The second kappa shape index (κ2) is 7.59. The van der Waals surface area contributed by atoms with E-state index in [0.29, 0.717) is 13.0 Å². The SMILES string of the molecule is COCCC(NC(=O)OC(C)(C)C)c1cc(Br)ccn1. The summed E-state index contributed by atoms with van der Waals surface area (Å²) in [6, 6.07) is 3.46. The van der Waals surface area contributed by atoms with Crippen LogP contribution in [0.4, 0.5) is 4.79 Å². The third-order valence-electron chi connectivity index (χ3n) is 2.40. The van der Waals surface area contributed by atoms with Crippen LogP contribution in [0.25, 0.3) is 0 Å². The molecule has 0 aliphatic heterocycles. The van der Waals surface area contributed by atoms with E-state index in [1.807, 2.05) is 32.9 Å². The molecule has 0 aromatic carbocycles. The Hall–Kier alpha value is -1.14. The second-order valence-electron chi connectivity index (χ2n) is 5.38. The van der Waals surface area contributed by atoms with E-state index in [0.717, 1.165) is 10.2 Å². The minimum Gasteiger partial charge on any atom is -0.444 e. The Morgan fingerprint density at radius 1 is 1.50 bits per heavy atom. The zero-order chi connectivity index (χ0) is 15.2. The van der Waals surface area contributed by atoms with Crippen LogP contribution in [0.1, 0.15) is 38.9 Å². The number of carbonyl (C=O) groups excluding carboxylic acids is 1. The fraction of sp³-hybridized carbons (Fsp3) is 0.571. The van der Waals surface area contributed by atoms with Crippen LogP contribution in [0, 0.1) is 0 Å². The first-order valence-corrected chi connectivity index (χ1v) is 7.21. The highest BCUT2D eigenvalue weighted by Crippen LogP contribution is 2.19. The molecular formula is C14H21BrN2O3.